The van der Waals surface area contributed by atoms with E-state index in [2.05, 4.69) is 33.9 Å². The Balaban J connectivity index is 1.67. The monoisotopic (exact) mass is 319 g/mol. The number of nitrogens with one attached hydrogen (secondary N) is 1. The molecule has 0 saturated heterocycles. The lowest BCUT2D eigenvalue weighted by molar-refractivity contribution is 0.167. The third-order valence-electron chi connectivity index (χ3n) is 4.18. The van der Waals surface area contributed by atoms with Gasteiger partial charge in [0.05, 0.1) is 12.6 Å². The average molecular weight is 319 g/mol. The van der Waals surface area contributed by atoms with Gasteiger partial charge in [0.1, 0.15) is 6.33 Å². The lowest BCUT2D eigenvalue weighted by Crippen LogP contribution is -2.45. The van der Waals surface area contributed by atoms with Gasteiger partial charge >= 0.3 is 6.03 Å². The van der Waals surface area contributed by atoms with Crippen LogP contribution in [0.3, 0.4) is 0 Å². The highest BCUT2D eigenvalue weighted by Gasteiger charge is 2.30. The summed E-state index contributed by atoms with van der Waals surface area (Å²) in [5, 5.41) is 13.0. The number of fused-ring (bicyclic) bond motifs is 1. The standard InChI is InChI=1S/C15H21N5OS/c1-3-12-11-6-8-22-13(11)5-7-20(12)15(21)16-9-14-18-17-10-19(14)4-2/h6,8,10,12H,3-5,7,9H2,1-2H3,(H,16,21)/t12-/m1/s1. The number of urea groups is 1. The first-order valence-electron chi connectivity index (χ1n) is 7.72. The van der Waals surface area contributed by atoms with Crippen LogP contribution in [0.25, 0.3) is 0 Å². The molecule has 3 rings (SSSR count). The van der Waals surface area contributed by atoms with Crippen molar-refractivity contribution in [2.75, 3.05) is 6.54 Å². The van der Waals surface area contributed by atoms with Crippen molar-refractivity contribution in [3.63, 3.8) is 0 Å². The summed E-state index contributed by atoms with van der Waals surface area (Å²) in [5.41, 5.74) is 1.31. The van der Waals surface area contributed by atoms with E-state index in [4.69, 9.17) is 0 Å². The zero-order valence-electron chi connectivity index (χ0n) is 13.0. The van der Waals surface area contributed by atoms with Gasteiger partial charge in [0.2, 0.25) is 0 Å². The summed E-state index contributed by atoms with van der Waals surface area (Å²) >= 11 is 1.79. The van der Waals surface area contributed by atoms with Crippen molar-refractivity contribution in [2.45, 2.75) is 45.8 Å². The molecule has 22 heavy (non-hydrogen) atoms. The van der Waals surface area contributed by atoms with Crippen molar-refractivity contribution < 1.29 is 4.79 Å². The molecule has 1 atom stereocenters. The third kappa shape index (κ3) is 2.72. The molecule has 0 unspecified atom stereocenters. The van der Waals surface area contributed by atoms with E-state index in [0.717, 1.165) is 31.8 Å². The number of aryl methyl sites for hydroxylation is 1. The summed E-state index contributed by atoms with van der Waals surface area (Å²) in [4.78, 5) is 15.9. The number of thiophene rings is 1. The Bertz CT molecular complexity index is 650. The molecule has 0 spiro atoms. The van der Waals surface area contributed by atoms with E-state index in [1.54, 1.807) is 17.7 Å². The number of aromatic nitrogens is 3. The lowest BCUT2D eigenvalue weighted by Gasteiger charge is -2.35. The normalized spacial score (nSPS) is 17.4. The maximum atomic E-state index is 12.6. The summed E-state index contributed by atoms with van der Waals surface area (Å²) in [6, 6.07) is 2.31. The smallest absolute Gasteiger partial charge is 0.318 e. The van der Waals surface area contributed by atoms with Crippen LogP contribution in [0.2, 0.25) is 0 Å². The van der Waals surface area contributed by atoms with Crippen molar-refractivity contribution in [3.8, 4) is 0 Å². The molecule has 7 heteroatoms. The fourth-order valence-electron chi connectivity index (χ4n) is 3.02. The predicted octanol–water partition coefficient (Wildman–Crippen LogP) is 2.58. The van der Waals surface area contributed by atoms with Gasteiger partial charge in [-0.3, -0.25) is 0 Å². The van der Waals surface area contributed by atoms with Crippen LogP contribution in [0, 0.1) is 0 Å². The third-order valence-corrected chi connectivity index (χ3v) is 5.17. The van der Waals surface area contributed by atoms with Gasteiger partial charge in [-0.25, -0.2) is 4.79 Å². The van der Waals surface area contributed by atoms with E-state index in [1.165, 1.54) is 10.4 Å². The largest absolute Gasteiger partial charge is 0.331 e. The number of carbonyl (C=O) groups is 1. The SMILES string of the molecule is CC[C@@H]1c2ccsc2CCN1C(=O)NCc1nncn1CC. The fourth-order valence-corrected chi connectivity index (χ4v) is 3.94. The zero-order valence-corrected chi connectivity index (χ0v) is 13.8. The lowest BCUT2D eigenvalue weighted by atomic mass is 9.98. The molecule has 3 heterocycles. The van der Waals surface area contributed by atoms with Crippen LogP contribution < -0.4 is 5.32 Å². The van der Waals surface area contributed by atoms with E-state index in [-0.39, 0.29) is 12.1 Å². The second-order valence-electron chi connectivity index (χ2n) is 5.36. The minimum atomic E-state index is -0.0191. The van der Waals surface area contributed by atoms with Gasteiger partial charge in [-0.2, -0.15) is 0 Å². The highest BCUT2D eigenvalue weighted by atomic mass is 32.1. The molecule has 0 saturated carbocycles. The van der Waals surface area contributed by atoms with Crippen molar-refractivity contribution in [3.05, 3.63) is 34.0 Å². The van der Waals surface area contributed by atoms with Gasteiger partial charge in [0, 0.05) is 18.0 Å². The Hall–Kier alpha value is -1.89. The van der Waals surface area contributed by atoms with Crippen molar-refractivity contribution in [1.29, 1.82) is 0 Å². The molecule has 0 fully saturated rings. The van der Waals surface area contributed by atoms with E-state index in [9.17, 15) is 4.79 Å². The molecule has 0 aromatic carbocycles. The number of rotatable bonds is 4. The van der Waals surface area contributed by atoms with Crippen molar-refractivity contribution in [1.82, 2.24) is 25.0 Å². The quantitative estimate of drug-likeness (QED) is 0.942. The van der Waals surface area contributed by atoms with Gasteiger partial charge in [-0.15, -0.1) is 21.5 Å². The molecule has 0 radical (unpaired) electrons. The van der Waals surface area contributed by atoms with Gasteiger partial charge < -0.3 is 14.8 Å². The molecular formula is C15H21N5OS. The molecule has 1 N–H and O–H groups in total. The Morgan fingerprint density at radius 2 is 2.36 bits per heavy atom. The maximum absolute atomic E-state index is 12.6. The van der Waals surface area contributed by atoms with Gasteiger partial charge in [-0.1, -0.05) is 6.92 Å². The first-order valence-corrected chi connectivity index (χ1v) is 8.60. The second-order valence-corrected chi connectivity index (χ2v) is 6.36. The van der Waals surface area contributed by atoms with E-state index in [0.29, 0.717) is 6.54 Å². The first-order chi connectivity index (χ1) is 10.7. The van der Waals surface area contributed by atoms with Gasteiger partial charge in [0.25, 0.3) is 0 Å². The van der Waals surface area contributed by atoms with Crippen LogP contribution in [0.5, 0.6) is 0 Å². The van der Waals surface area contributed by atoms with Crippen LogP contribution in [0.1, 0.15) is 42.6 Å². The Morgan fingerprint density at radius 1 is 1.50 bits per heavy atom. The minimum absolute atomic E-state index is 0.0191. The molecule has 2 aromatic rings. The van der Waals surface area contributed by atoms with Crippen LogP contribution in [-0.4, -0.2) is 32.2 Å². The van der Waals surface area contributed by atoms with E-state index in [1.807, 2.05) is 16.4 Å². The molecular weight excluding hydrogens is 298 g/mol. The van der Waals surface area contributed by atoms with Crippen LogP contribution in [-0.2, 0) is 19.5 Å². The Morgan fingerprint density at radius 3 is 3.14 bits per heavy atom. The molecule has 2 amide bonds. The second kappa shape index (κ2) is 6.48. The Labute approximate surface area is 134 Å². The topological polar surface area (TPSA) is 63.1 Å². The summed E-state index contributed by atoms with van der Waals surface area (Å²) in [5.74, 6) is 0.789. The fraction of sp³-hybridized carbons (Fsp3) is 0.533. The number of hydrogen-bond acceptors (Lipinski definition) is 4. The van der Waals surface area contributed by atoms with Crippen LogP contribution >= 0.6 is 11.3 Å². The number of nitrogens with zero attached hydrogens (tertiary/aromatic N) is 4. The first kappa shape index (κ1) is 15.0. The summed E-state index contributed by atoms with van der Waals surface area (Å²) in [6.45, 7) is 6.15. The average Bonchev–Trinajstić information content (AvgIpc) is 3.19. The van der Waals surface area contributed by atoms with Crippen molar-refractivity contribution >= 4 is 17.4 Å². The molecule has 1 aliphatic heterocycles. The summed E-state index contributed by atoms with van der Waals surface area (Å²) in [7, 11) is 0. The highest BCUT2D eigenvalue weighted by molar-refractivity contribution is 7.10. The molecule has 2 aromatic heterocycles. The minimum Gasteiger partial charge on any atom is -0.331 e. The van der Waals surface area contributed by atoms with Gasteiger partial charge in [0.15, 0.2) is 5.82 Å². The molecule has 0 aliphatic carbocycles. The number of hydrogen-bond donors (Lipinski definition) is 1. The summed E-state index contributed by atoms with van der Waals surface area (Å²) < 4.78 is 1.94. The molecule has 6 nitrogen and oxygen atoms in total. The van der Waals surface area contributed by atoms with Gasteiger partial charge in [-0.05, 0) is 36.8 Å². The van der Waals surface area contributed by atoms with Crippen LogP contribution in [0.4, 0.5) is 4.79 Å². The Kier molecular flexibility index (Phi) is 4.42. The maximum Gasteiger partial charge on any atom is 0.318 e. The molecule has 0 bridgehead atoms. The zero-order chi connectivity index (χ0) is 15.5. The van der Waals surface area contributed by atoms with Crippen LogP contribution in [0.15, 0.2) is 17.8 Å². The van der Waals surface area contributed by atoms with Crippen molar-refractivity contribution in [2.24, 2.45) is 0 Å². The number of carbonyl (C=O) groups excluding carboxylic acids is 1. The summed E-state index contributed by atoms with van der Waals surface area (Å²) in [6.07, 6.45) is 3.57. The molecule has 118 valence electrons. The highest BCUT2D eigenvalue weighted by Crippen LogP contribution is 2.35. The van der Waals surface area contributed by atoms with E-state index >= 15 is 0 Å². The predicted molar refractivity (Wildman–Crippen MR) is 85.7 cm³/mol. The molecule has 1 aliphatic rings. The van der Waals surface area contributed by atoms with E-state index < -0.39 is 0 Å². The number of amides is 2.